The van der Waals surface area contributed by atoms with Crippen LogP contribution in [0.4, 0.5) is 0 Å². The lowest BCUT2D eigenvalue weighted by Gasteiger charge is -2.34. The molecule has 2 atom stereocenters. The first-order chi connectivity index (χ1) is 9.52. The fraction of sp³-hybridized carbons (Fsp3) is 0.857. The molecule has 0 spiro atoms. The number of likely N-dealkylation sites (N-methyl/N-ethyl adjacent to an activating group) is 1. The lowest BCUT2D eigenvalue weighted by molar-refractivity contribution is -0.137. The number of carbonyl (C=O) groups is 2. The Bertz CT molecular complexity index is 367. The lowest BCUT2D eigenvalue weighted by atomic mass is 10.1. The van der Waals surface area contributed by atoms with E-state index in [1.807, 2.05) is 11.8 Å². The molecule has 2 saturated heterocycles. The van der Waals surface area contributed by atoms with Crippen molar-refractivity contribution in [3.05, 3.63) is 0 Å². The largest absolute Gasteiger partial charge is 0.383 e. The summed E-state index contributed by atoms with van der Waals surface area (Å²) in [4.78, 5) is 30.4. The van der Waals surface area contributed by atoms with Gasteiger partial charge in [0.15, 0.2) is 0 Å². The molecule has 0 N–H and O–H groups in total. The van der Waals surface area contributed by atoms with Crippen molar-refractivity contribution in [3.8, 4) is 0 Å². The molecule has 0 aromatic heterocycles. The van der Waals surface area contributed by atoms with Gasteiger partial charge in [-0.15, -0.1) is 0 Å². The molecule has 20 heavy (non-hydrogen) atoms. The first-order valence-corrected chi connectivity index (χ1v) is 7.28. The van der Waals surface area contributed by atoms with E-state index in [0.29, 0.717) is 19.6 Å². The van der Waals surface area contributed by atoms with E-state index in [0.717, 1.165) is 26.2 Å². The summed E-state index contributed by atoms with van der Waals surface area (Å²) in [6.07, 6.45) is 0.346. The third-order valence-corrected chi connectivity index (χ3v) is 4.26. The molecule has 2 rings (SSSR count). The van der Waals surface area contributed by atoms with Crippen LogP contribution in [0.15, 0.2) is 0 Å². The van der Waals surface area contributed by atoms with Crippen LogP contribution in [0.25, 0.3) is 0 Å². The highest BCUT2D eigenvalue weighted by atomic mass is 16.5. The van der Waals surface area contributed by atoms with Crippen LogP contribution >= 0.6 is 0 Å². The average Bonchev–Trinajstić information content (AvgIpc) is 2.81. The lowest BCUT2D eigenvalue weighted by Crippen LogP contribution is -2.49. The second kappa shape index (κ2) is 6.54. The number of amides is 2. The number of piperazine rings is 1. The van der Waals surface area contributed by atoms with Crippen molar-refractivity contribution in [1.29, 1.82) is 0 Å². The Balaban J connectivity index is 1.91. The third kappa shape index (κ3) is 3.30. The van der Waals surface area contributed by atoms with Gasteiger partial charge < -0.3 is 19.4 Å². The normalized spacial score (nSPS) is 26.1. The molecule has 6 nitrogen and oxygen atoms in total. The van der Waals surface area contributed by atoms with Crippen molar-refractivity contribution in [1.82, 2.24) is 14.7 Å². The molecule has 2 aliphatic heterocycles. The SMILES string of the molecule is COC[C@H](C)N1C[C@@H](C(=O)N2CCN(C)CC2)CC1=O. The van der Waals surface area contributed by atoms with Crippen molar-refractivity contribution in [2.75, 3.05) is 53.5 Å². The molecule has 0 saturated carbocycles. The number of ether oxygens (including phenoxy) is 1. The van der Waals surface area contributed by atoms with E-state index < -0.39 is 0 Å². The fourth-order valence-corrected chi connectivity index (χ4v) is 2.94. The zero-order valence-electron chi connectivity index (χ0n) is 12.7. The Morgan fingerprint density at radius 2 is 2.00 bits per heavy atom. The third-order valence-electron chi connectivity index (χ3n) is 4.26. The Morgan fingerprint density at radius 1 is 1.35 bits per heavy atom. The van der Waals surface area contributed by atoms with E-state index in [2.05, 4.69) is 11.9 Å². The zero-order valence-corrected chi connectivity index (χ0v) is 12.7. The minimum Gasteiger partial charge on any atom is -0.383 e. The Labute approximate surface area is 120 Å². The maximum absolute atomic E-state index is 12.5. The second-order valence-corrected chi connectivity index (χ2v) is 5.88. The van der Waals surface area contributed by atoms with Gasteiger partial charge in [-0.05, 0) is 14.0 Å². The number of likely N-dealkylation sites (tertiary alicyclic amines) is 1. The zero-order chi connectivity index (χ0) is 14.7. The number of methoxy groups -OCH3 is 1. The Morgan fingerprint density at radius 3 is 2.60 bits per heavy atom. The molecule has 0 aromatic rings. The van der Waals surface area contributed by atoms with Crippen LogP contribution in [-0.2, 0) is 14.3 Å². The molecule has 0 aliphatic carbocycles. The molecule has 0 unspecified atom stereocenters. The molecule has 6 heteroatoms. The van der Waals surface area contributed by atoms with E-state index >= 15 is 0 Å². The quantitative estimate of drug-likeness (QED) is 0.707. The van der Waals surface area contributed by atoms with Gasteiger partial charge in [-0.25, -0.2) is 0 Å². The van der Waals surface area contributed by atoms with E-state index in [9.17, 15) is 9.59 Å². The average molecular weight is 283 g/mol. The topological polar surface area (TPSA) is 53.1 Å². The number of hydrogen-bond donors (Lipinski definition) is 0. The van der Waals surface area contributed by atoms with Gasteiger partial charge in [-0.2, -0.15) is 0 Å². The molecule has 2 amide bonds. The number of hydrogen-bond acceptors (Lipinski definition) is 4. The van der Waals surface area contributed by atoms with Crippen LogP contribution in [0, 0.1) is 5.92 Å². The molecule has 0 radical (unpaired) electrons. The maximum Gasteiger partial charge on any atom is 0.228 e. The van der Waals surface area contributed by atoms with Crippen molar-refractivity contribution in [2.45, 2.75) is 19.4 Å². The van der Waals surface area contributed by atoms with Crippen LogP contribution in [0.5, 0.6) is 0 Å². The second-order valence-electron chi connectivity index (χ2n) is 5.88. The van der Waals surface area contributed by atoms with E-state index in [-0.39, 0.29) is 23.8 Å². The predicted octanol–water partition coefficient (Wildman–Crippen LogP) is -0.356. The molecule has 0 bridgehead atoms. The van der Waals surface area contributed by atoms with Gasteiger partial charge in [0.25, 0.3) is 0 Å². The van der Waals surface area contributed by atoms with Crippen LogP contribution in [0.1, 0.15) is 13.3 Å². The molecule has 2 aliphatic rings. The first kappa shape index (κ1) is 15.3. The fourth-order valence-electron chi connectivity index (χ4n) is 2.94. The van der Waals surface area contributed by atoms with Gasteiger partial charge in [-0.1, -0.05) is 0 Å². The predicted molar refractivity (Wildman–Crippen MR) is 75.2 cm³/mol. The molecule has 114 valence electrons. The maximum atomic E-state index is 12.5. The minimum atomic E-state index is -0.176. The Kier molecular flexibility index (Phi) is 4.99. The summed E-state index contributed by atoms with van der Waals surface area (Å²) >= 11 is 0. The summed E-state index contributed by atoms with van der Waals surface area (Å²) in [5.41, 5.74) is 0. The minimum absolute atomic E-state index is 0.0396. The van der Waals surface area contributed by atoms with Crippen LogP contribution in [0.3, 0.4) is 0 Å². The highest BCUT2D eigenvalue weighted by Crippen LogP contribution is 2.22. The molecule has 2 heterocycles. The van der Waals surface area contributed by atoms with E-state index in [1.165, 1.54) is 0 Å². The summed E-state index contributed by atoms with van der Waals surface area (Å²) in [5, 5.41) is 0. The number of carbonyl (C=O) groups excluding carboxylic acids is 2. The van der Waals surface area contributed by atoms with Gasteiger partial charge in [0, 0.05) is 46.3 Å². The van der Waals surface area contributed by atoms with Gasteiger partial charge in [-0.3, -0.25) is 9.59 Å². The van der Waals surface area contributed by atoms with E-state index in [4.69, 9.17) is 4.74 Å². The van der Waals surface area contributed by atoms with Crippen LogP contribution in [0.2, 0.25) is 0 Å². The Hall–Kier alpha value is -1.14. The number of nitrogens with zero attached hydrogens (tertiary/aromatic N) is 3. The molecular formula is C14H25N3O3. The monoisotopic (exact) mass is 283 g/mol. The first-order valence-electron chi connectivity index (χ1n) is 7.28. The molecular weight excluding hydrogens is 258 g/mol. The number of rotatable bonds is 4. The van der Waals surface area contributed by atoms with Gasteiger partial charge in [0.05, 0.1) is 18.6 Å². The molecule has 0 aromatic carbocycles. The van der Waals surface area contributed by atoms with Crippen molar-refractivity contribution in [3.63, 3.8) is 0 Å². The summed E-state index contributed by atoms with van der Waals surface area (Å²) in [5.74, 6) is 0.0332. The highest BCUT2D eigenvalue weighted by molar-refractivity contribution is 5.89. The summed E-state index contributed by atoms with van der Waals surface area (Å²) < 4.78 is 5.09. The van der Waals surface area contributed by atoms with Gasteiger partial charge in [0.1, 0.15) is 0 Å². The van der Waals surface area contributed by atoms with Gasteiger partial charge in [0.2, 0.25) is 11.8 Å². The summed E-state index contributed by atoms with van der Waals surface area (Å²) in [7, 11) is 3.69. The smallest absolute Gasteiger partial charge is 0.228 e. The van der Waals surface area contributed by atoms with Crippen molar-refractivity contribution >= 4 is 11.8 Å². The van der Waals surface area contributed by atoms with Crippen LogP contribution < -0.4 is 0 Å². The summed E-state index contributed by atoms with van der Waals surface area (Å²) in [6.45, 7) is 6.38. The van der Waals surface area contributed by atoms with Crippen LogP contribution in [-0.4, -0.2) is 86.0 Å². The van der Waals surface area contributed by atoms with Crippen molar-refractivity contribution < 1.29 is 14.3 Å². The van der Waals surface area contributed by atoms with Crippen molar-refractivity contribution in [2.24, 2.45) is 5.92 Å². The van der Waals surface area contributed by atoms with E-state index in [1.54, 1.807) is 12.0 Å². The summed E-state index contributed by atoms with van der Waals surface area (Å²) in [6, 6.07) is 0.0396. The highest BCUT2D eigenvalue weighted by Gasteiger charge is 2.38. The standard InChI is InChI=1S/C14H25N3O3/c1-11(10-20-3)17-9-12(8-13(17)18)14(19)16-6-4-15(2)5-7-16/h11-12H,4-10H2,1-3H3/t11-,12-/m0/s1. The molecule has 2 fully saturated rings. The van der Waals surface area contributed by atoms with Gasteiger partial charge >= 0.3 is 0 Å².